The molecule has 2 aliphatic rings. The van der Waals surface area contributed by atoms with E-state index in [1.54, 1.807) is 20.0 Å². The number of benzene rings is 1. The van der Waals surface area contributed by atoms with Gasteiger partial charge in [0.1, 0.15) is 17.1 Å². The molecule has 2 unspecified atom stereocenters. The van der Waals surface area contributed by atoms with Gasteiger partial charge in [0.15, 0.2) is 5.96 Å². The minimum Gasteiger partial charge on any atom is -0.465 e. The SMILES string of the molecule is CN=C(NCc1cc(C(=O)OC)c(C)o1)N1CC2OCCN(Cc3ccccc3)C2C1.I. The first-order valence-corrected chi connectivity index (χ1v) is 10.6. The molecule has 4 rings (SSSR count). The zero-order valence-electron chi connectivity index (χ0n) is 18.7. The molecule has 9 heteroatoms. The summed E-state index contributed by atoms with van der Waals surface area (Å²) in [4.78, 5) is 21.0. The number of rotatable bonds is 5. The van der Waals surface area contributed by atoms with Gasteiger partial charge in [-0.25, -0.2) is 4.79 Å². The second-order valence-corrected chi connectivity index (χ2v) is 7.91. The molecule has 1 aromatic carbocycles. The van der Waals surface area contributed by atoms with Crippen LogP contribution in [-0.2, 0) is 22.6 Å². The number of methoxy groups -OCH3 is 1. The molecular formula is C23H31IN4O4. The van der Waals surface area contributed by atoms with Crippen molar-refractivity contribution < 1.29 is 18.7 Å². The van der Waals surface area contributed by atoms with E-state index in [9.17, 15) is 4.79 Å². The topological polar surface area (TPSA) is 79.5 Å². The third-order valence-corrected chi connectivity index (χ3v) is 5.95. The van der Waals surface area contributed by atoms with Crippen molar-refractivity contribution in [2.75, 3.05) is 40.4 Å². The molecule has 3 heterocycles. The predicted octanol–water partition coefficient (Wildman–Crippen LogP) is 2.65. The molecule has 2 atom stereocenters. The number of esters is 1. The van der Waals surface area contributed by atoms with Crippen LogP contribution in [0.25, 0.3) is 0 Å². The van der Waals surface area contributed by atoms with Crippen molar-refractivity contribution in [3.05, 3.63) is 59.0 Å². The maximum absolute atomic E-state index is 11.8. The number of carbonyl (C=O) groups excluding carboxylic acids is 1. The normalized spacial score (nSPS) is 21.1. The average molecular weight is 554 g/mol. The summed E-state index contributed by atoms with van der Waals surface area (Å²) in [6.45, 7) is 6.43. The van der Waals surface area contributed by atoms with E-state index in [0.717, 1.165) is 38.7 Å². The van der Waals surface area contributed by atoms with Crippen molar-refractivity contribution in [1.29, 1.82) is 0 Å². The quantitative estimate of drug-likeness (QED) is 0.264. The molecule has 8 nitrogen and oxygen atoms in total. The highest BCUT2D eigenvalue weighted by atomic mass is 127. The second-order valence-electron chi connectivity index (χ2n) is 7.91. The first-order valence-electron chi connectivity index (χ1n) is 10.6. The van der Waals surface area contributed by atoms with Crippen LogP contribution in [0.4, 0.5) is 0 Å². The fourth-order valence-electron chi connectivity index (χ4n) is 4.39. The first kappa shape index (κ1) is 24.5. The van der Waals surface area contributed by atoms with Crippen LogP contribution in [0.5, 0.6) is 0 Å². The lowest BCUT2D eigenvalue weighted by atomic mass is 10.1. The van der Waals surface area contributed by atoms with Crippen LogP contribution < -0.4 is 5.32 Å². The van der Waals surface area contributed by atoms with E-state index in [4.69, 9.17) is 13.9 Å². The number of fused-ring (bicyclic) bond motifs is 1. The number of furan rings is 1. The number of nitrogens with one attached hydrogen (secondary N) is 1. The number of aliphatic imine (C=N–C) groups is 1. The van der Waals surface area contributed by atoms with Crippen molar-refractivity contribution in [3.8, 4) is 0 Å². The summed E-state index contributed by atoms with van der Waals surface area (Å²) in [5.74, 6) is 1.62. The maximum Gasteiger partial charge on any atom is 0.341 e. The Kier molecular flexibility index (Phi) is 8.55. The summed E-state index contributed by atoms with van der Waals surface area (Å²) in [7, 11) is 3.14. The number of likely N-dealkylation sites (tertiary alicyclic amines) is 1. The maximum atomic E-state index is 11.8. The summed E-state index contributed by atoms with van der Waals surface area (Å²) in [6, 6.07) is 12.6. The number of hydrogen-bond donors (Lipinski definition) is 1. The smallest absolute Gasteiger partial charge is 0.341 e. The van der Waals surface area contributed by atoms with Crippen LogP contribution in [0.2, 0.25) is 0 Å². The molecule has 2 fully saturated rings. The summed E-state index contributed by atoms with van der Waals surface area (Å²) >= 11 is 0. The van der Waals surface area contributed by atoms with Gasteiger partial charge in [0.05, 0.1) is 32.4 Å². The van der Waals surface area contributed by atoms with Gasteiger partial charge in [-0.3, -0.25) is 9.89 Å². The van der Waals surface area contributed by atoms with Crippen LogP contribution in [0, 0.1) is 6.92 Å². The standard InChI is InChI=1S/C23H30N4O4.HI/c1-16-19(22(28)29-3)11-18(31-16)12-25-23(24-2)27-14-20-21(15-27)30-10-9-26(20)13-17-7-5-4-6-8-17;/h4-8,11,20-21H,9-10,12-15H2,1-3H3,(H,24,25);1H. The van der Waals surface area contributed by atoms with Gasteiger partial charge in [-0.1, -0.05) is 30.3 Å². The Morgan fingerprint density at radius 2 is 2.06 bits per heavy atom. The van der Waals surface area contributed by atoms with Crippen LogP contribution in [0.1, 0.15) is 27.4 Å². The number of ether oxygens (including phenoxy) is 2. The van der Waals surface area contributed by atoms with Gasteiger partial charge in [-0.2, -0.15) is 0 Å². The van der Waals surface area contributed by atoms with Gasteiger partial charge in [-0.15, -0.1) is 24.0 Å². The second kappa shape index (κ2) is 11.2. The molecule has 0 spiro atoms. The third kappa shape index (κ3) is 5.44. The summed E-state index contributed by atoms with van der Waals surface area (Å²) in [5, 5.41) is 3.36. The van der Waals surface area contributed by atoms with Crippen LogP contribution in [0.15, 0.2) is 45.8 Å². The number of guanidine groups is 1. The van der Waals surface area contributed by atoms with Crippen molar-refractivity contribution in [2.45, 2.75) is 32.2 Å². The highest BCUT2D eigenvalue weighted by molar-refractivity contribution is 14.0. The van der Waals surface area contributed by atoms with Crippen LogP contribution >= 0.6 is 24.0 Å². The Balaban J connectivity index is 0.00000289. The minimum absolute atomic E-state index is 0. The molecule has 174 valence electrons. The van der Waals surface area contributed by atoms with Crippen molar-refractivity contribution in [1.82, 2.24) is 15.1 Å². The Labute approximate surface area is 206 Å². The predicted molar refractivity (Wildman–Crippen MR) is 132 cm³/mol. The molecule has 0 saturated carbocycles. The van der Waals surface area contributed by atoms with Crippen molar-refractivity contribution >= 4 is 35.9 Å². The fourth-order valence-corrected chi connectivity index (χ4v) is 4.39. The highest BCUT2D eigenvalue weighted by Crippen LogP contribution is 2.25. The lowest BCUT2D eigenvalue weighted by molar-refractivity contribution is -0.0502. The van der Waals surface area contributed by atoms with Crippen molar-refractivity contribution in [3.63, 3.8) is 0 Å². The van der Waals surface area contributed by atoms with Crippen molar-refractivity contribution in [2.24, 2.45) is 4.99 Å². The lowest BCUT2D eigenvalue weighted by Crippen LogP contribution is -2.50. The molecule has 0 aliphatic carbocycles. The number of aryl methyl sites for hydroxylation is 1. The van der Waals surface area contributed by atoms with E-state index in [-0.39, 0.29) is 30.1 Å². The molecule has 0 amide bonds. The van der Waals surface area contributed by atoms with Crippen LogP contribution in [-0.4, -0.2) is 74.3 Å². The number of hydrogen-bond acceptors (Lipinski definition) is 6. The Bertz CT molecular complexity index is 933. The Morgan fingerprint density at radius 3 is 2.78 bits per heavy atom. The zero-order valence-corrected chi connectivity index (χ0v) is 21.1. The van der Waals surface area contributed by atoms with Crippen LogP contribution in [0.3, 0.4) is 0 Å². The number of morpholine rings is 1. The lowest BCUT2D eigenvalue weighted by Gasteiger charge is -2.36. The van der Waals surface area contributed by atoms with E-state index in [1.165, 1.54) is 12.7 Å². The first-order chi connectivity index (χ1) is 15.1. The monoisotopic (exact) mass is 554 g/mol. The van der Waals surface area contributed by atoms with Gasteiger partial charge in [0.2, 0.25) is 0 Å². The summed E-state index contributed by atoms with van der Waals surface area (Å²) in [6.07, 6.45) is 0.160. The van der Waals surface area contributed by atoms with E-state index >= 15 is 0 Å². The summed E-state index contributed by atoms with van der Waals surface area (Å²) < 4.78 is 16.6. The fraction of sp³-hybridized carbons (Fsp3) is 0.478. The molecule has 1 aromatic heterocycles. The van der Waals surface area contributed by atoms with E-state index in [1.807, 2.05) is 6.07 Å². The molecule has 1 N–H and O–H groups in total. The zero-order chi connectivity index (χ0) is 21.8. The van der Waals surface area contributed by atoms with Gasteiger partial charge < -0.3 is 24.1 Å². The molecule has 2 aliphatic heterocycles. The number of nitrogens with zero attached hydrogens (tertiary/aromatic N) is 3. The minimum atomic E-state index is -0.392. The highest BCUT2D eigenvalue weighted by Gasteiger charge is 2.41. The molecular weight excluding hydrogens is 523 g/mol. The molecule has 2 saturated heterocycles. The van der Waals surface area contributed by atoms with Gasteiger partial charge in [0, 0.05) is 33.2 Å². The molecule has 0 radical (unpaired) electrons. The number of halogens is 1. The van der Waals surface area contributed by atoms with E-state index in [2.05, 4.69) is 44.4 Å². The van der Waals surface area contributed by atoms with E-state index in [0.29, 0.717) is 29.7 Å². The van der Waals surface area contributed by atoms with E-state index < -0.39 is 5.97 Å². The largest absolute Gasteiger partial charge is 0.465 e. The Morgan fingerprint density at radius 1 is 1.28 bits per heavy atom. The Hall–Kier alpha value is -2.11. The average Bonchev–Trinajstić information content (AvgIpc) is 3.38. The molecule has 0 bridgehead atoms. The number of carbonyl (C=O) groups is 1. The molecule has 2 aromatic rings. The van der Waals surface area contributed by atoms with Gasteiger partial charge in [-0.05, 0) is 18.6 Å². The molecule has 32 heavy (non-hydrogen) atoms. The third-order valence-electron chi connectivity index (χ3n) is 5.95. The van der Waals surface area contributed by atoms with Gasteiger partial charge in [0.25, 0.3) is 0 Å². The summed E-state index contributed by atoms with van der Waals surface area (Å²) in [5.41, 5.74) is 1.77. The van der Waals surface area contributed by atoms with Gasteiger partial charge >= 0.3 is 5.97 Å².